The fraction of sp³-hybridized carbons (Fsp3) is 0.364. The molecule has 0 radical (unpaired) electrons. The van der Waals surface area contributed by atoms with Crippen LogP contribution in [0.5, 0.6) is 0 Å². The van der Waals surface area contributed by atoms with Gasteiger partial charge in [-0.3, -0.25) is 0 Å². The number of rotatable bonds is 0. The van der Waals surface area contributed by atoms with Crippen LogP contribution >= 0.6 is 22.7 Å². The first-order chi connectivity index (χ1) is 6.59. The molecule has 0 aliphatic rings. The van der Waals surface area contributed by atoms with Crippen LogP contribution in [0.2, 0.25) is 0 Å². The first-order valence-electron chi connectivity index (χ1n) is 4.47. The van der Waals surface area contributed by atoms with Crippen LogP contribution in [0.25, 0.3) is 0 Å². The van der Waals surface area contributed by atoms with E-state index in [4.69, 9.17) is 0 Å². The van der Waals surface area contributed by atoms with E-state index in [0.717, 1.165) is 10.7 Å². The zero-order chi connectivity index (χ0) is 10.6. The van der Waals surface area contributed by atoms with Crippen LogP contribution in [0.4, 0.5) is 0 Å². The normalized spacial score (nSPS) is 9.43. The average molecular weight is 225 g/mol. The van der Waals surface area contributed by atoms with Gasteiger partial charge in [-0.05, 0) is 49.6 Å². The maximum atomic E-state index is 4.13. The number of thiophene rings is 1. The molecule has 0 aromatic carbocycles. The van der Waals surface area contributed by atoms with Gasteiger partial charge in [0.25, 0.3) is 0 Å². The van der Waals surface area contributed by atoms with Gasteiger partial charge in [0.05, 0.1) is 5.01 Å². The van der Waals surface area contributed by atoms with Crippen molar-refractivity contribution < 1.29 is 0 Å². The molecule has 0 aliphatic heterocycles. The van der Waals surface area contributed by atoms with Crippen molar-refractivity contribution in [1.82, 2.24) is 4.98 Å². The second-order valence-corrected chi connectivity index (χ2v) is 5.05. The molecule has 0 fully saturated rings. The van der Waals surface area contributed by atoms with E-state index in [-0.39, 0.29) is 0 Å². The minimum absolute atomic E-state index is 1.13. The van der Waals surface area contributed by atoms with E-state index >= 15 is 0 Å². The molecule has 0 saturated heterocycles. The Balaban J connectivity index is 0.000000140. The van der Waals surface area contributed by atoms with Crippen LogP contribution < -0.4 is 0 Å². The third-order valence-corrected chi connectivity index (χ3v) is 3.72. The van der Waals surface area contributed by atoms with Crippen LogP contribution in [-0.4, -0.2) is 4.98 Å². The Morgan fingerprint density at radius 3 is 1.64 bits per heavy atom. The van der Waals surface area contributed by atoms with Crippen molar-refractivity contribution in [3.8, 4) is 0 Å². The molecule has 2 heterocycles. The molecule has 0 amide bonds. The van der Waals surface area contributed by atoms with E-state index in [1.807, 2.05) is 13.8 Å². The topological polar surface area (TPSA) is 12.9 Å². The van der Waals surface area contributed by atoms with E-state index in [9.17, 15) is 0 Å². The summed E-state index contributed by atoms with van der Waals surface area (Å²) in [6.45, 7) is 8.28. The molecule has 2 rings (SSSR count). The Morgan fingerprint density at radius 1 is 0.929 bits per heavy atom. The maximum Gasteiger partial charge on any atom is 0.0897 e. The Bertz CT molecular complexity index is 354. The van der Waals surface area contributed by atoms with E-state index in [0.29, 0.717) is 0 Å². The van der Waals surface area contributed by atoms with Crippen molar-refractivity contribution in [3.05, 3.63) is 38.0 Å². The standard InChI is InChI=1S/C6H8S.C5H7NS/c1-5-3-7-4-6(5)2;1-4-3-7-5(2)6-4/h3-4H,1-2H3;3H,1-2H3. The minimum Gasteiger partial charge on any atom is -0.247 e. The van der Waals surface area contributed by atoms with Gasteiger partial charge in [0.2, 0.25) is 0 Å². The summed E-state index contributed by atoms with van der Waals surface area (Å²) in [4.78, 5) is 4.13. The predicted octanol–water partition coefficient (Wildman–Crippen LogP) is 4.12. The summed E-state index contributed by atoms with van der Waals surface area (Å²) in [5, 5.41) is 7.53. The molecule has 14 heavy (non-hydrogen) atoms. The summed E-state index contributed by atoms with van der Waals surface area (Å²) in [5.74, 6) is 0. The molecule has 0 bridgehead atoms. The highest BCUT2D eigenvalue weighted by Crippen LogP contribution is 2.10. The van der Waals surface area contributed by atoms with Gasteiger partial charge >= 0.3 is 0 Å². The van der Waals surface area contributed by atoms with Crippen molar-refractivity contribution in [2.24, 2.45) is 0 Å². The fourth-order valence-corrected chi connectivity index (χ4v) is 2.33. The molecule has 0 N–H and O–H groups in total. The molecule has 0 spiro atoms. The van der Waals surface area contributed by atoms with Crippen molar-refractivity contribution in [1.29, 1.82) is 0 Å². The zero-order valence-electron chi connectivity index (χ0n) is 9.00. The maximum absolute atomic E-state index is 4.13. The monoisotopic (exact) mass is 225 g/mol. The number of hydrogen-bond acceptors (Lipinski definition) is 3. The van der Waals surface area contributed by atoms with Gasteiger partial charge in [0.1, 0.15) is 0 Å². The van der Waals surface area contributed by atoms with Gasteiger partial charge < -0.3 is 0 Å². The lowest BCUT2D eigenvalue weighted by Crippen LogP contribution is -1.67. The van der Waals surface area contributed by atoms with E-state index in [1.54, 1.807) is 22.7 Å². The van der Waals surface area contributed by atoms with Gasteiger partial charge in [-0.25, -0.2) is 4.98 Å². The number of nitrogens with zero attached hydrogens (tertiary/aromatic N) is 1. The molecular weight excluding hydrogens is 210 g/mol. The Morgan fingerprint density at radius 2 is 1.50 bits per heavy atom. The lowest BCUT2D eigenvalue weighted by molar-refractivity contribution is 1.20. The fourth-order valence-electron chi connectivity index (χ4n) is 0.896. The van der Waals surface area contributed by atoms with Crippen LogP contribution in [0, 0.1) is 27.7 Å². The molecule has 0 unspecified atom stereocenters. The smallest absolute Gasteiger partial charge is 0.0897 e. The second kappa shape index (κ2) is 5.27. The summed E-state index contributed by atoms with van der Waals surface area (Å²) in [6, 6.07) is 0. The SMILES string of the molecule is Cc1csc(C)n1.Cc1cscc1C. The molecule has 0 atom stereocenters. The van der Waals surface area contributed by atoms with Crippen molar-refractivity contribution in [2.45, 2.75) is 27.7 Å². The van der Waals surface area contributed by atoms with Crippen molar-refractivity contribution >= 4 is 22.7 Å². The Kier molecular flexibility index (Phi) is 4.29. The van der Waals surface area contributed by atoms with Gasteiger partial charge in [0, 0.05) is 11.1 Å². The first kappa shape index (κ1) is 11.4. The number of thiazole rings is 1. The van der Waals surface area contributed by atoms with Crippen LogP contribution in [0.15, 0.2) is 16.1 Å². The van der Waals surface area contributed by atoms with Gasteiger partial charge in [-0.1, -0.05) is 0 Å². The highest BCUT2D eigenvalue weighted by Gasteiger charge is 1.87. The summed E-state index contributed by atoms with van der Waals surface area (Å²) in [6.07, 6.45) is 0. The van der Waals surface area contributed by atoms with Crippen LogP contribution in [0.3, 0.4) is 0 Å². The molecule has 1 nitrogen and oxygen atoms in total. The number of aromatic nitrogens is 1. The molecule has 76 valence electrons. The third kappa shape index (κ3) is 3.60. The summed E-state index contributed by atoms with van der Waals surface area (Å²) >= 11 is 3.46. The minimum atomic E-state index is 1.13. The molecule has 0 saturated carbocycles. The molecule has 2 aromatic rings. The van der Waals surface area contributed by atoms with E-state index < -0.39 is 0 Å². The van der Waals surface area contributed by atoms with Crippen LogP contribution in [0.1, 0.15) is 21.8 Å². The highest BCUT2D eigenvalue weighted by molar-refractivity contribution is 7.09. The summed E-state index contributed by atoms with van der Waals surface area (Å²) in [7, 11) is 0. The lowest BCUT2D eigenvalue weighted by atomic mass is 10.2. The van der Waals surface area contributed by atoms with Gasteiger partial charge in [0.15, 0.2) is 0 Å². The number of hydrogen-bond donors (Lipinski definition) is 0. The Hall–Kier alpha value is -0.670. The largest absolute Gasteiger partial charge is 0.247 e. The average Bonchev–Trinajstić information content (AvgIpc) is 2.65. The second-order valence-electron chi connectivity index (χ2n) is 3.25. The number of aryl methyl sites for hydroxylation is 4. The van der Waals surface area contributed by atoms with Crippen LogP contribution in [-0.2, 0) is 0 Å². The highest BCUT2D eigenvalue weighted by atomic mass is 32.1. The van der Waals surface area contributed by atoms with Gasteiger partial charge in [-0.15, -0.1) is 11.3 Å². The first-order valence-corrected chi connectivity index (χ1v) is 6.30. The predicted molar refractivity (Wildman–Crippen MR) is 65.4 cm³/mol. The molecule has 3 heteroatoms. The van der Waals surface area contributed by atoms with Crippen molar-refractivity contribution in [2.75, 3.05) is 0 Å². The zero-order valence-corrected chi connectivity index (χ0v) is 10.6. The molecular formula is C11H15NS2. The quantitative estimate of drug-likeness (QED) is 0.657. The van der Waals surface area contributed by atoms with E-state index in [2.05, 4.69) is 35.0 Å². The Labute approximate surface area is 93.5 Å². The third-order valence-electron chi connectivity index (χ3n) is 1.85. The molecule has 0 aliphatic carbocycles. The lowest BCUT2D eigenvalue weighted by Gasteiger charge is -1.79. The molecule has 2 aromatic heterocycles. The van der Waals surface area contributed by atoms with Crippen molar-refractivity contribution in [3.63, 3.8) is 0 Å². The summed E-state index contributed by atoms with van der Waals surface area (Å²) < 4.78 is 0. The summed E-state index contributed by atoms with van der Waals surface area (Å²) in [5.41, 5.74) is 3.94. The van der Waals surface area contributed by atoms with Gasteiger partial charge in [-0.2, -0.15) is 11.3 Å². The van der Waals surface area contributed by atoms with E-state index in [1.165, 1.54) is 11.1 Å².